The molecule has 17 heavy (non-hydrogen) atoms. The van der Waals surface area contributed by atoms with Crippen LogP contribution >= 0.6 is 11.6 Å². The third-order valence-corrected chi connectivity index (χ3v) is 2.93. The lowest BCUT2D eigenvalue weighted by atomic mass is 10.5. The molecule has 0 radical (unpaired) electrons. The number of aromatic nitrogens is 2. The zero-order valence-corrected chi connectivity index (χ0v) is 11.2. The maximum Gasteiger partial charge on any atom is 0.158 e. The molecule has 0 aliphatic rings. The molecule has 0 saturated heterocycles. The van der Waals surface area contributed by atoms with Crippen LogP contribution in [0.2, 0.25) is 5.15 Å². The van der Waals surface area contributed by atoms with Crippen molar-refractivity contribution in [2.75, 3.05) is 31.0 Å². The van der Waals surface area contributed by atoms with E-state index in [1.807, 2.05) is 0 Å². The lowest BCUT2D eigenvalue weighted by Crippen LogP contribution is -2.15. The van der Waals surface area contributed by atoms with Crippen molar-refractivity contribution in [2.45, 2.75) is 6.61 Å². The zero-order chi connectivity index (χ0) is 12.9. The monoisotopic (exact) mass is 279 g/mol. The van der Waals surface area contributed by atoms with Gasteiger partial charge in [-0.15, -0.1) is 0 Å². The molecule has 0 aromatic carbocycles. The number of rotatable bonds is 6. The molecule has 96 valence electrons. The van der Waals surface area contributed by atoms with Crippen LogP contribution in [0.1, 0.15) is 5.82 Å². The van der Waals surface area contributed by atoms with Gasteiger partial charge in [-0.3, -0.25) is 0 Å². The zero-order valence-electron chi connectivity index (χ0n) is 9.60. The number of nitrogens with zero attached hydrogens (tertiary/aromatic N) is 2. The second kappa shape index (κ2) is 6.13. The molecular formula is C9H14ClN3O3S. The average molecular weight is 280 g/mol. The van der Waals surface area contributed by atoms with Crippen molar-refractivity contribution >= 4 is 27.3 Å². The normalized spacial score (nSPS) is 11.5. The summed E-state index contributed by atoms with van der Waals surface area (Å²) in [7, 11) is -1.46. The van der Waals surface area contributed by atoms with Gasteiger partial charge in [0.1, 0.15) is 27.4 Å². The second-order valence-electron chi connectivity index (χ2n) is 3.48. The molecule has 0 saturated carbocycles. The number of hydrogen-bond acceptors (Lipinski definition) is 6. The highest BCUT2D eigenvalue weighted by Crippen LogP contribution is 2.11. The standard InChI is InChI=1S/C9H14ClN3O3S/c1-16-6-9-12-7(10)5-8(13-9)11-3-4-17(2,14)15/h5H,3-4,6H2,1-2H3,(H,11,12,13). The van der Waals surface area contributed by atoms with Gasteiger partial charge in [-0.1, -0.05) is 11.6 Å². The van der Waals surface area contributed by atoms with Crippen LogP contribution in [0.25, 0.3) is 0 Å². The molecule has 8 heteroatoms. The smallest absolute Gasteiger partial charge is 0.158 e. The van der Waals surface area contributed by atoms with E-state index in [0.717, 1.165) is 0 Å². The Morgan fingerprint density at radius 3 is 2.76 bits per heavy atom. The minimum absolute atomic E-state index is 0.0359. The molecule has 1 aromatic rings. The van der Waals surface area contributed by atoms with E-state index in [2.05, 4.69) is 15.3 Å². The second-order valence-corrected chi connectivity index (χ2v) is 6.13. The number of halogens is 1. The number of methoxy groups -OCH3 is 1. The molecule has 0 atom stereocenters. The van der Waals surface area contributed by atoms with E-state index < -0.39 is 9.84 Å². The summed E-state index contributed by atoms with van der Waals surface area (Å²) < 4.78 is 26.8. The predicted molar refractivity (Wildman–Crippen MR) is 66.0 cm³/mol. The molecule has 1 rings (SSSR count). The molecule has 0 bridgehead atoms. The molecule has 6 nitrogen and oxygen atoms in total. The highest BCUT2D eigenvalue weighted by Gasteiger charge is 2.05. The summed E-state index contributed by atoms with van der Waals surface area (Å²) >= 11 is 5.79. The van der Waals surface area contributed by atoms with Crippen LogP contribution < -0.4 is 5.32 Å². The Labute approximate surface area is 105 Å². The summed E-state index contributed by atoms with van der Waals surface area (Å²) in [5.74, 6) is 0.969. The lowest BCUT2D eigenvalue weighted by Gasteiger charge is -2.06. The minimum Gasteiger partial charge on any atom is -0.377 e. The maximum absolute atomic E-state index is 10.9. The molecule has 0 aliphatic carbocycles. The summed E-state index contributed by atoms with van der Waals surface area (Å²) in [5.41, 5.74) is 0. The van der Waals surface area contributed by atoms with E-state index in [1.165, 1.54) is 19.4 Å². The van der Waals surface area contributed by atoms with Gasteiger partial charge in [0.15, 0.2) is 5.82 Å². The van der Waals surface area contributed by atoms with Crippen LogP contribution in [0.5, 0.6) is 0 Å². The van der Waals surface area contributed by atoms with Gasteiger partial charge < -0.3 is 10.1 Å². The van der Waals surface area contributed by atoms with Crippen LogP contribution in [0, 0.1) is 0 Å². The van der Waals surface area contributed by atoms with Gasteiger partial charge in [0.25, 0.3) is 0 Å². The van der Waals surface area contributed by atoms with E-state index in [9.17, 15) is 8.42 Å². The van der Waals surface area contributed by atoms with Crippen molar-refractivity contribution < 1.29 is 13.2 Å². The first-order chi connectivity index (χ1) is 7.90. The summed E-state index contributed by atoms with van der Waals surface area (Å²) in [6, 6.07) is 1.53. The predicted octanol–water partition coefficient (Wildman–Crippen LogP) is 0.733. The molecular weight excluding hydrogens is 266 g/mol. The summed E-state index contributed by atoms with van der Waals surface area (Å²) in [6.07, 6.45) is 1.18. The van der Waals surface area contributed by atoms with Crippen LogP contribution in [0.15, 0.2) is 6.07 Å². The minimum atomic E-state index is -2.99. The van der Waals surface area contributed by atoms with Crippen molar-refractivity contribution in [1.29, 1.82) is 0 Å². The topological polar surface area (TPSA) is 81.2 Å². The van der Waals surface area contributed by atoms with Crippen LogP contribution in [0.4, 0.5) is 5.82 Å². The fourth-order valence-corrected chi connectivity index (χ4v) is 1.79. The van der Waals surface area contributed by atoms with E-state index >= 15 is 0 Å². The van der Waals surface area contributed by atoms with Gasteiger partial charge in [0.05, 0.1) is 5.75 Å². The van der Waals surface area contributed by atoms with Crippen LogP contribution in [-0.4, -0.2) is 44.0 Å². The average Bonchev–Trinajstić information content (AvgIpc) is 2.15. The first-order valence-corrected chi connectivity index (χ1v) is 7.28. The number of anilines is 1. The molecule has 0 spiro atoms. The molecule has 0 amide bonds. The summed E-state index contributed by atoms with van der Waals surface area (Å²) in [6.45, 7) is 0.528. The molecule has 0 unspecified atom stereocenters. The highest BCUT2D eigenvalue weighted by molar-refractivity contribution is 7.90. The summed E-state index contributed by atoms with van der Waals surface area (Å²) in [4.78, 5) is 8.07. The Hall–Kier alpha value is -0.920. The van der Waals surface area contributed by atoms with Gasteiger partial charge >= 0.3 is 0 Å². The molecule has 0 aliphatic heterocycles. The summed E-state index contributed by atoms with van der Waals surface area (Å²) in [5, 5.41) is 3.16. The van der Waals surface area contributed by atoms with Gasteiger partial charge in [0, 0.05) is 26.0 Å². The maximum atomic E-state index is 10.9. The molecule has 1 N–H and O–H groups in total. The third-order valence-electron chi connectivity index (χ3n) is 1.79. The Bertz CT molecular complexity index is 478. The van der Waals surface area contributed by atoms with E-state index in [-0.39, 0.29) is 24.1 Å². The van der Waals surface area contributed by atoms with Crippen LogP contribution in [-0.2, 0) is 21.2 Å². The fraction of sp³-hybridized carbons (Fsp3) is 0.556. The number of sulfone groups is 1. The number of nitrogens with one attached hydrogen (secondary N) is 1. The van der Waals surface area contributed by atoms with Gasteiger partial charge in [-0.25, -0.2) is 18.4 Å². The van der Waals surface area contributed by atoms with Gasteiger partial charge in [-0.2, -0.15) is 0 Å². The lowest BCUT2D eigenvalue weighted by molar-refractivity contribution is 0.178. The largest absolute Gasteiger partial charge is 0.377 e. The Kier molecular flexibility index (Phi) is 5.10. The fourth-order valence-electron chi connectivity index (χ4n) is 1.11. The van der Waals surface area contributed by atoms with E-state index in [4.69, 9.17) is 16.3 Å². The van der Waals surface area contributed by atoms with Crippen molar-refractivity contribution in [2.24, 2.45) is 0 Å². The van der Waals surface area contributed by atoms with Crippen molar-refractivity contribution in [1.82, 2.24) is 9.97 Å². The molecule has 1 heterocycles. The Morgan fingerprint density at radius 1 is 1.47 bits per heavy atom. The first kappa shape index (κ1) is 14.1. The van der Waals surface area contributed by atoms with E-state index in [0.29, 0.717) is 11.6 Å². The Morgan fingerprint density at radius 2 is 2.18 bits per heavy atom. The molecule has 1 aromatic heterocycles. The van der Waals surface area contributed by atoms with Gasteiger partial charge in [0.2, 0.25) is 0 Å². The third kappa shape index (κ3) is 5.81. The highest BCUT2D eigenvalue weighted by atomic mass is 35.5. The van der Waals surface area contributed by atoms with Crippen molar-refractivity contribution in [3.8, 4) is 0 Å². The van der Waals surface area contributed by atoms with Crippen molar-refractivity contribution in [3.05, 3.63) is 17.0 Å². The van der Waals surface area contributed by atoms with Crippen LogP contribution in [0.3, 0.4) is 0 Å². The number of ether oxygens (including phenoxy) is 1. The number of hydrogen-bond donors (Lipinski definition) is 1. The van der Waals surface area contributed by atoms with E-state index in [1.54, 1.807) is 0 Å². The quantitative estimate of drug-likeness (QED) is 0.773. The Balaban J connectivity index is 2.64. The first-order valence-electron chi connectivity index (χ1n) is 4.85. The molecule has 0 fully saturated rings. The van der Waals surface area contributed by atoms with Crippen molar-refractivity contribution in [3.63, 3.8) is 0 Å². The van der Waals surface area contributed by atoms with Gasteiger partial charge in [-0.05, 0) is 0 Å². The SMILES string of the molecule is COCc1nc(Cl)cc(NCCS(C)(=O)=O)n1.